The van der Waals surface area contributed by atoms with Gasteiger partial charge in [0.1, 0.15) is 0 Å². The number of benzene rings is 3. The van der Waals surface area contributed by atoms with Gasteiger partial charge in [0, 0.05) is 41.3 Å². The Labute approximate surface area is 235 Å². The predicted octanol–water partition coefficient (Wildman–Crippen LogP) is 6.72. The molecule has 0 atom stereocenters. The van der Waals surface area contributed by atoms with Crippen molar-refractivity contribution >= 4 is 51.2 Å². The first-order valence-corrected chi connectivity index (χ1v) is 13.6. The van der Waals surface area contributed by atoms with Crippen molar-refractivity contribution in [2.75, 3.05) is 13.7 Å². The lowest BCUT2D eigenvalue weighted by Gasteiger charge is -2.16. The molecule has 0 radical (unpaired) electrons. The summed E-state index contributed by atoms with van der Waals surface area (Å²) in [6.07, 6.45) is 4.29. The van der Waals surface area contributed by atoms with Crippen molar-refractivity contribution in [2.45, 2.75) is 26.4 Å². The number of carbonyl (C=O) groups is 1. The molecular weight excluding hydrogens is 528 g/mol. The van der Waals surface area contributed by atoms with Crippen LogP contribution in [0.5, 0.6) is 11.5 Å². The second-order valence-electron chi connectivity index (χ2n) is 9.39. The molecule has 1 amide bonds. The molecule has 2 heterocycles. The van der Waals surface area contributed by atoms with Crippen molar-refractivity contribution in [1.82, 2.24) is 9.88 Å². The maximum Gasteiger partial charge on any atom is 0.269 e. The number of amides is 1. The van der Waals surface area contributed by atoms with E-state index in [-0.39, 0.29) is 17.7 Å². The summed E-state index contributed by atoms with van der Waals surface area (Å²) in [6.45, 7) is 4.27. The van der Waals surface area contributed by atoms with Gasteiger partial charge in [-0.25, -0.2) is 4.99 Å². The van der Waals surface area contributed by atoms with Gasteiger partial charge in [-0.2, -0.15) is 0 Å². The van der Waals surface area contributed by atoms with Crippen LogP contribution in [-0.2, 0) is 11.2 Å². The van der Waals surface area contributed by atoms with E-state index in [1.807, 2.05) is 56.4 Å². The summed E-state index contributed by atoms with van der Waals surface area (Å²) in [6, 6.07) is 19.5. The molecule has 1 saturated heterocycles. The number of nitrogens with zero attached hydrogens (tertiary/aromatic N) is 3. The monoisotopic (exact) mass is 556 g/mol. The zero-order valence-corrected chi connectivity index (χ0v) is 23.1. The molecule has 9 nitrogen and oxygen atoms in total. The van der Waals surface area contributed by atoms with Gasteiger partial charge < -0.3 is 14.5 Å². The molecule has 3 aromatic carbocycles. The number of ether oxygens (including phenoxy) is 2. The van der Waals surface area contributed by atoms with Crippen LogP contribution in [0.3, 0.4) is 0 Å². The molecule has 1 aromatic heterocycles. The number of hydrogen-bond donors (Lipinski definition) is 1. The molecule has 4 aromatic rings. The number of nitrogens with one attached hydrogen (secondary N) is 1. The summed E-state index contributed by atoms with van der Waals surface area (Å²) in [4.78, 5) is 34.5. The Bertz CT molecular complexity index is 1620. The summed E-state index contributed by atoms with van der Waals surface area (Å²) < 4.78 is 11.5. The van der Waals surface area contributed by atoms with Gasteiger partial charge in [0.25, 0.3) is 11.6 Å². The minimum atomic E-state index is -0.454. The summed E-state index contributed by atoms with van der Waals surface area (Å²) >= 11 is 1.26. The Balaban J connectivity index is 1.50. The van der Waals surface area contributed by atoms with Gasteiger partial charge in [-0.05, 0) is 67.9 Å². The molecule has 1 N–H and O–H groups in total. The van der Waals surface area contributed by atoms with Crippen LogP contribution in [0.25, 0.3) is 17.0 Å². The Morgan fingerprint density at radius 3 is 2.60 bits per heavy atom. The summed E-state index contributed by atoms with van der Waals surface area (Å²) in [5.41, 5.74) is 3.35. The SMILES string of the molecule is COc1cccc(/C=C2\SC(=Nc3ccc([N+](=O)[O-])cc3)N(CCc3c[nH]c4ccccc34)C2=O)c1OC(C)C. The Morgan fingerprint density at radius 2 is 1.88 bits per heavy atom. The lowest BCUT2D eigenvalue weighted by molar-refractivity contribution is -0.384. The topological polar surface area (TPSA) is 110 Å². The second-order valence-corrected chi connectivity index (χ2v) is 10.4. The van der Waals surface area contributed by atoms with E-state index >= 15 is 0 Å². The molecule has 10 heteroatoms. The van der Waals surface area contributed by atoms with Gasteiger partial charge in [-0.3, -0.25) is 19.8 Å². The van der Waals surface area contributed by atoms with Crippen LogP contribution >= 0.6 is 11.8 Å². The Hall–Kier alpha value is -4.57. The lowest BCUT2D eigenvalue weighted by Crippen LogP contribution is -2.31. The number of para-hydroxylation sites is 2. The van der Waals surface area contributed by atoms with Gasteiger partial charge in [0.2, 0.25) is 0 Å². The average Bonchev–Trinajstić information content (AvgIpc) is 3.48. The van der Waals surface area contributed by atoms with E-state index in [1.54, 1.807) is 30.2 Å². The lowest BCUT2D eigenvalue weighted by atomic mass is 10.1. The minimum absolute atomic E-state index is 0.0217. The Kier molecular flexibility index (Phi) is 7.88. The maximum atomic E-state index is 13.8. The summed E-state index contributed by atoms with van der Waals surface area (Å²) in [5, 5.41) is 12.7. The van der Waals surface area contributed by atoms with Crippen molar-refractivity contribution < 1.29 is 19.2 Å². The first-order valence-electron chi connectivity index (χ1n) is 12.8. The zero-order chi connectivity index (χ0) is 28.2. The van der Waals surface area contributed by atoms with E-state index in [4.69, 9.17) is 14.5 Å². The number of non-ortho nitro benzene ring substituents is 1. The predicted molar refractivity (Wildman–Crippen MR) is 158 cm³/mol. The highest BCUT2D eigenvalue weighted by atomic mass is 32.2. The number of nitro benzene ring substituents is 1. The highest BCUT2D eigenvalue weighted by Gasteiger charge is 2.34. The number of hydrogen-bond acceptors (Lipinski definition) is 7. The molecule has 0 bridgehead atoms. The number of H-pyrrole nitrogens is 1. The van der Waals surface area contributed by atoms with E-state index in [9.17, 15) is 14.9 Å². The van der Waals surface area contributed by atoms with Crippen LogP contribution in [-0.4, -0.2) is 45.6 Å². The minimum Gasteiger partial charge on any atom is -0.493 e. The van der Waals surface area contributed by atoms with Crippen LogP contribution in [0.2, 0.25) is 0 Å². The fourth-order valence-electron chi connectivity index (χ4n) is 4.43. The molecule has 0 aliphatic carbocycles. The smallest absolute Gasteiger partial charge is 0.269 e. The van der Waals surface area contributed by atoms with Crippen molar-refractivity contribution in [3.63, 3.8) is 0 Å². The number of rotatable bonds is 9. The molecule has 5 rings (SSSR count). The quantitative estimate of drug-likeness (QED) is 0.139. The third-order valence-electron chi connectivity index (χ3n) is 6.32. The van der Waals surface area contributed by atoms with Gasteiger partial charge in [-0.1, -0.05) is 30.3 Å². The van der Waals surface area contributed by atoms with Gasteiger partial charge in [0.05, 0.1) is 28.7 Å². The number of methoxy groups -OCH3 is 1. The molecule has 1 aliphatic heterocycles. The average molecular weight is 557 g/mol. The second kappa shape index (κ2) is 11.7. The fraction of sp³-hybridized carbons (Fsp3) is 0.200. The third-order valence-corrected chi connectivity index (χ3v) is 7.33. The third kappa shape index (κ3) is 5.72. The van der Waals surface area contributed by atoms with E-state index in [2.05, 4.69) is 11.1 Å². The standard InChI is InChI=1S/C30H28N4O5S/c1-19(2)39-28-20(7-6-10-26(28)38-3)17-27-29(35)33(16-15-21-18-31-25-9-5-4-8-24(21)25)30(40-27)32-22-11-13-23(14-12-22)34(36)37/h4-14,17-19,31H,15-16H2,1-3H3/b27-17-,32-30?. The number of aliphatic imine (C=N–C) groups is 1. The van der Waals surface area contributed by atoms with Crippen LogP contribution in [0.4, 0.5) is 11.4 Å². The van der Waals surface area contributed by atoms with E-state index in [0.29, 0.717) is 40.2 Å². The molecule has 1 aliphatic rings. The van der Waals surface area contributed by atoms with Crippen LogP contribution in [0, 0.1) is 10.1 Å². The largest absolute Gasteiger partial charge is 0.493 e. The van der Waals surface area contributed by atoms with Crippen LogP contribution in [0.1, 0.15) is 25.0 Å². The number of thioether (sulfide) groups is 1. The van der Waals surface area contributed by atoms with Crippen molar-refractivity contribution in [3.8, 4) is 11.5 Å². The van der Waals surface area contributed by atoms with E-state index < -0.39 is 4.92 Å². The Morgan fingerprint density at radius 1 is 1.10 bits per heavy atom. The molecule has 40 heavy (non-hydrogen) atoms. The number of aromatic nitrogens is 1. The first kappa shape index (κ1) is 27.0. The molecule has 0 spiro atoms. The molecule has 0 saturated carbocycles. The van der Waals surface area contributed by atoms with Crippen molar-refractivity contribution in [3.05, 3.63) is 99.1 Å². The highest BCUT2D eigenvalue weighted by Crippen LogP contribution is 2.39. The zero-order valence-electron chi connectivity index (χ0n) is 22.3. The van der Waals surface area contributed by atoms with Crippen LogP contribution < -0.4 is 9.47 Å². The fourth-order valence-corrected chi connectivity index (χ4v) is 5.44. The maximum absolute atomic E-state index is 13.8. The van der Waals surface area contributed by atoms with Gasteiger partial charge in [-0.15, -0.1) is 0 Å². The molecule has 1 fully saturated rings. The van der Waals surface area contributed by atoms with Gasteiger partial charge in [0.15, 0.2) is 16.7 Å². The number of aromatic amines is 1. The van der Waals surface area contributed by atoms with E-state index in [1.165, 1.54) is 23.9 Å². The highest BCUT2D eigenvalue weighted by molar-refractivity contribution is 8.18. The summed E-state index contributed by atoms with van der Waals surface area (Å²) in [5.74, 6) is 0.963. The molecule has 0 unspecified atom stereocenters. The normalized spacial score (nSPS) is 15.5. The number of carbonyl (C=O) groups excluding carboxylic acids is 1. The van der Waals surface area contributed by atoms with Crippen molar-refractivity contribution in [1.29, 1.82) is 0 Å². The first-order chi connectivity index (χ1) is 19.3. The molecular formula is C30H28N4O5S. The number of fused-ring (bicyclic) bond motifs is 1. The number of nitro groups is 1. The van der Waals surface area contributed by atoms with Gasteiger partial charge >= 0.3 is 0 Å². The van der Waals surface area contributed by atoms with Crippen LogP contribution in [0.15, 0.2) is 82.8 Å². The number of amidine groups is 1. The summed E-state index contributed by atoms with van der Waals surface area (Å²) in [7, 11) is 1.58. The molecule has 204 valence electrons. The van der Waals surface area contributed by atoms with E-state index in [0.717, 1.165) is 22.0 Å². The van der Waals surface area contributed by atoms with Crippen molar-refractivity contribution in [2.24, 2.45) is 4.99 Å².